The predicted molar refractivity (Wildman–Crippen MR) is 128 cm³/mol. The van der Waals surface area contributed by atoms with Crippen molar-refractivity contribution in [2.24, 2.45) is 0 Å². The van der Waals surface area contributed by atoms with E-state index in [0.717, 1.165) is 46.0 Å². The van der Waals surface area contributed by atoms with Gasteiger partial charge in [0.1, 0.15) is 5.82 Å². The fourth-order valence-electron chi connectivity index (χ4n) is 4.18. The third-order valence-corrected chi connectivity index (χ3v) is 7.12. The van der Waals surface area contributed by atoms with Crippen LogP contribution in [0.25, 0.3) is 22.3 Å². The Kier molecular flexibility index (Phi) is 5.64. The van der Waals surface area contributed by atoms with Gasteiger partial charge in [0.15, 0.2) is 5.82 Å². The van der Waals surface area contributed by atoms with Crippen LogP contribution < -0.4 is 15.7 Å². The van der Waals surface area contributed by atoms with E-state index < -0.39 is 5.91 Å². The zero-order valence-corrected chi connectivity index (χ0v) is 19.2. The summed E-state index contributed by atoms with van der Waals surface area (Å²) in [5, 5.41) is 20.2. The molecule has 0 spiro atoms. The maximum atomic E-state index is 11.5. The smallest absolute Gasteiger partial charge is 0.277 e. The molecule has 5 heterocycles. The van der Waals surface area contributed by atoms with E-state index in [9.17, 15) is 4.79 Å². The highest BCUT2D eigenvalue weighted by Crippen LogP contribution is 2.43. The van der Waals surface area contributed by atoms with E-state index in [1.54, 1.807) is 23.4 Å². The van der Waals surface area contributed by atoms with Crippen LogP contribution in [0.15, 0.2) is 41.7 Å². The number of nitrogens with zero attached hydrogens (tertiary/aromatic N) is 6. The molecule has 1 saturated heterocycles. The molecule has 1 amide bonds. The van der Waals surface area contributed by atoms with E-state index in [1.807, 2.05) is 18.2 Å². The van der Waals surface area contributed by atoms with Crippen molar-refractivity contribution in [1.82, 2.24) is 35.6 Å². The summed E-state index contributed by atoms with van der Waals surface area (Å²) in [5.41, 5.74) is 4.55. The summed E-state index contributed by atoms with van der Waals surface area (Å²) >= 11 is 1.64. The molecule has 4 N–H and O–H groups in total. The molecule has 4 aromatic rings. The number of carbonyl (C=O) groups excluding carboxylic acids is 1. The molecule has 13 heteroatoms. The number of ether oxygens (including phenoxy) is 1. The van der Waals surface area contributed by atoms with Crippen molar-refractivity contribution in [3.05, 3.63) is 48.0 Å². The van der Waals surface area contributed by atoms with E-state index in [0.29, 0.717) is 31.4 Å². The zero-order chi connectivity index (χ0) is 23.8. The Morgan fingerprint density at radius 2 is 2.00 bits per heavy atom. The predicted octanol–water partition coefficient (Wildman–Crippen LogP) is 1.85. The minimum absolute atomic E-state index is 0.0587. The fraction of sp³-hybridized carbons (Fsp3) is 0.273. The second-order valence-electron chi connectivity index (χ2n) is 8.07. The van der Waals surface area contributed by atoms with Gasteiger partial charge in [-0.25, -0.2) is 25.4 Å². The lowest BCUT2D eigenvalue weighted by Crippen LogP contribution is -2.37. The summed E-state index contributed by atoms with van der Waals surface area (Å²) < 4.78 is 5.56. The monoisotopic (exact) mass is 491 g/mol. The number of fused-ring (bicyclic) bond motifs is 2. The minimum Gasteiger partial charge on any atom is -0.378 e. The summed E-state index contributed by atoms with van der Waals surface area (Å²) in [6, 6.07) is 5.96. The number of aromatic nitrogens is 6. The maximum absolute atomic E-state index is 11.5. The van der Waals surface area contributed by atoms with Crippen molar-refractivity contribution in [3.63, 3.8) is 0 Å². The Balaban J connectivity index is 1.33. The van der Waals surface area contributed by atoms with Gasteiger partial charge >= 0.3 is 0 Å². The van der Waals surface area contributed by atoms with Crippen LogP contribution in [0.5, 0.6) is 0 Å². The second kappa shape index (κ2) is 9.09. The summed E-state index contributed by atoms with van der Waals surface area (Å²) in [4.78, 5) is 33.2. The van der Waals surface area contributed by atoms with Crippen LogP contribution in [-0.2, 0) is 11.2 Å². The zero-order valence-electron chi connectivity index (χ0n) is 18.4. The first-order valence-electron chi connectivity index (χ1n) is 11.1. The van der Waals surface area contributed by atoms with Crippen molar-refractivity contribution < 1.29 is 14.7 Å². The first-order valence-corrected chi connectivity index (χ1v) is 11.9. The molecule has 6 rings (SSSR count). The Morgan fingerprint density at radius 1 is 1.17 bits per heavy atom. The van der Waals surface area contributed by atoms with Gasteiger partial charge in [0.2, 0.25) is 5.95 Å². The second-order valence-corrected chi connectivity index (χ2v) is 9.29. The van der Waals surface area contributed by atoms with Gasteiger partial charge < -0.3 is 15.0 Å². The largest absolute Gasteiger partial charge is 0.378 e. The molecule has 0 aliphatic carbocycles. The highest BCUT2D eigenvalue weighted by molar-refractivity contribution is 8.00. The number of anilines is 2. The lowest BCUT2D eigenvalue weighted by Gasteiger charge is -2.29. The average molecular weight is 492 g/mol. The van der Waals surface area contributed by atoms with Crippen LogP contribution in [0.4, 0.5) is 11.8 Å². The standard InChI is InChI=1S/C22H21N9O3S/c32-21(30-33)12-9-23-22(24-10-12)27-17-8-16-18(35-17)20(31-4-6-34-7-5-31)28-19(26-16)13-2-1-3-15-14(13)11-25-29-15/h1-3,9-11,17,33H,4-8H2,(H,25,29)(H,30,32)(H,23,24,27). The molecule has 0 bridgehead atoms. The van der Waals surface area contributed by atoms with Crippen LogP contribution in [0.2, 0.25) is 0 Å². The van der Waals surface area contributed by atoms with Crippen molar-refractivity contribution in [1.29, 1.82) is 0 Å². The Hall–Kier alpha value is -3.81. The number of aromatic amines is 1. The first kappa shape index (κ1) is 21.7. The molecular formula is C22H21N9O3S. The number of benzene rings is 1. The lowest BCUT2D eigenvalue weighted by atomic mass is 10.1. The number of amides is 1. The topological polar surface area (TPSA) is 154 Å². The molecule has 2 aliphatic rings. The molecular weight excluding hydrogens is 470 g/mol. The van der Waals surface area contributed by atoms with E-state index in [-0.39, 0.29) is 10.9 Å². The van der Waals surface area contributed by atoms with Crippen LogP contribution in [0.3, 0.4) is 0 Å². The number of H-pyrrole nitrogens is 1. The molecule has 3 aromatic heterocycles. The fourth-order valence-corrected chi connectivity index (χ4v) is 5.42. The van der Waals surface area contributed by atoms with Crippen molar-refractivity contribution in [3.8, 4) is 11.4 Å². The third-order valence-electron chi connectivity index (χ3n) is 5.90. The van der Waals surface area contributed by atoms with Gasteiger partial charge in [0, 0.05) is 42.9 Å². The van der Waals surface area contributed by atoms with Crippen LogP contribution in [0.1, 0.15) is 16.1 Å². The minimum atomic E-state index is -0.662. The molecule has 1 aromatic carbocycles. The number of hydrogen-bond donors (Lipinski definition) is 4. The van der Waals surface area contributed by atoms with Gasteiger partial charge in [0.25, 0.3) is 5.91 Å². The molecule has 1 fully saturated rings. The maximum Gasteiger partial charge on any atom is 0.277 e. The number of carbonyl (C=O) groups is 1. The van der Waals surface area contributed by atoms with Gasteiger partial charge in [-0.05, 0) is 6.07 Å². The molecule has 12 nitrogen and oxygen atoms in total. The van der Waals surface area contributed by atoms with E-state index in [1.165, 1.54) is 12.4 Å². The third kappa shape index (κ3) is 4.13. The van der Waals surface area contributed by atoms with Crippen molar-refractivity contribution in [2.45, 2.75) is 16.7 Å². The number of rotatable bonds is 5. The molecule has 1 atom stereocenters. The van der Waals surface area contributed by atoms with Gasteiger partial charge in [-0.2, -0.15) is 5.10 Å². The molecule has 2 aliphatic heterocycles. The highest BCUT2D eigenvalue weighted by atomic mass is 32.2. The van der Waals surface area contributed by atoms with Gasteiger partial charge in [0.05, 0.1) is 46.5 Å². The molecule has 178 valence electrons. The van der Waals surface area contributed by atoms with Gasteiger partial charge in [-0.3, -0.25) is 15.1 Å². The Labute approximate surface area is 203 Å². The summed E-state index contributed by atoms with van der Waals surface area (Å²) in [6.07, 6.45) is 5.16. The van der Waals surface area contributed by atoms with Crippen LogP contribution >= 0.6 is 11.8 Å². The van der Waals surface area contributed by atoms with E-state index in [4.69, 9.17) is 19.9 Å². The van der Waals surface area contributed by atoms with E-state index >= 15 is 0 Å². The quantitative estimate of drug-likeness (QED) is 0.239. The van der Waals surface area contributed by atoms with Crippen LogP contribution in [-0.4, -0.2) is 72.9 Å². The van der Waals surface area contributed by atoms with Crippen molar-refractivity contribution >= 4 is 40.3 Å². The molecule has 1 unspecified atom stereocenters. The average Bonchev–Trinajstić information content (AvgIpc) is 3.55. The normalized spacial score (nSPS) is 17.4. The SMILES string of the molecule is O=C(NO)c1cnc(NC2Cc3nc(-c4cccc5[nH]ncc45)nc(N4CCOCC4)c3S2)nc1. The molecule has 0 radical (unpaired) electrons. The number of nitrogens with one attached hydrogen (secondary N) is 3. The Bertz CT molecular complexity index is 1390. The van der Waals surface area contributed by atoms with Gasteiger partial charge in [-0.1, -0.05) is 23.9 Å². The van der Waals surface area contributed by atoms with Gasteiger partial charge in [-0.15, -0.1) is 0 Å². The molecule has 0 saturated carbocycles. The summed E-state index contributed by atoms with van der Waals surface area (Å²) in [6.45, 7) is 2.82. The highest BCUT2D eigenvalue weighted by Gasteiger charge is 2.31. The van der Waals surface area contributed by atoms with Crippen LogP contribution in [0, 0.1) is 0 Å². The van der Waals surface area contributed by atoms with E-state index in [2.05, 4.69) is 30.4 Å². The number of hydrogen-bond acceptors (Lipinski definition) is 11. The number of morpholine rings is 1. The number of thioether (sulfide) groups is 1. The van der Waals surface area contributed by atoms with Crippen molar-refractivity contribution in [2.75, 3.05) is 36.5 Å². The summed E-state index contributed by atoms with van der Waals surface area (Å²) in [5.74, 6) is 1.28. The molecule has 35 heavy (non-hydrogen) atoms. The first-order chi connectivity index (χ1) is 17.2. The summed E-state index contributed by atoms with van der Waals surface area (Å²) in [7, 11) is 0. The lowest BCUT2D eigenvalue weighted by molar-refractivity contribution is 0.0705. The Morgan fingerprint density at radius 3 is 2.80 bits per heavy atom. The number of hydroxylamine groups is 1.